The molecule has 10 nitrogen and oxygen atoms in total. The zero-order valence-corrected chi connectivity index (χ0v) is 21.3. The average molecular weight is 536 g/mol. The molecule has 2 aromatic heterocycles. The summed E-state index contributed by atoms with van der Waals surface area (Å²) in [5.74, 6) is -2.56. The number of aryl methyl sites for hydroxylation is 1. The summed E-state index contributed by atoms with van der Waals surface area (Å²) in [6.45, 7) is 3.34. The summed E-state index contributed by atoms with van der Waals surface area (Å²) < 4.78 is 56.6. The summed E-state index contributed by atoms with van der Waals surface area (Å²) in [6, 6.07) is 7.48. The Hall–Kier alpha value is -3.48. The Morgan fingerprint density at radius 2 is 2.00 bits per heavy atom. The van der Waals surface area contributed by atoms with Gasteiger partial charge in [0.15, 0.2) is 0 Å². The lowest BCUT2D eigenvalue weighted by molar-refractivity contribution is 0.374. The predicted octanol–water partition coefficient (Wildman–Crippen LogP) is 3.70. The van der Waals surface area contributed by atoms with Crippen LogP contribution in [0.2, 0.25) is 5.02 Å². The minimum absolute atomic E-state index is 0.00505. The summed E-state index contributed by atoms with van der Waals surface area (Å²) in [5.41, 5.74) is 2.24. The lowest BCUT2D eigenvalue weighted by Crippen LogP contribution is -2.33. The van der Waals surface area contributed by atoms with Crippen LogP contribution in [0, 0.1) is 12.7 Å². The van der Waals surface area contributed by atoms with E-state index in [4.69, 9.17) is 20.8 Å². The molecule has 0 spiro atoms. The van der Waals surface area contributed by atoms with Crippen LogP contribution in [0.1, 0.15) is 35.9 Å². The molecular formula is C23H23ClFN5O5S. The molecule has 36 heavy (non-hydrogen) atoms. The van der Waals surface area contributed by atoms with Crippen molar-refractivity contribution in [3.63, 3.8) is 0 Å². The van der Waals surface area contributed by atoms with Gasteiger partial charge in [0.2, 0.25) is 15.9 Å². The molecule has 0 aliphatic heterocycles. The largest absolute Gasteiger partial charge is 0.495 e. The Morgan fingerprint density at radius 3 is 2.61 bits per heavy atom. The molecule has 0 saturated heterocycles. The number of nitrogens with one attached hydrogen (secondary N) is 2. The first-order valence-electron chi connectivity index (χ1n) is 10.7. The number of methoxy groups -OCH3 is 1. The number of rotatable bonds is 8. The second kappa shape index (κ2) is 9.88. The van der Waals surface area contributed by atoms with Crippen molar-refractivity contribution >= 4 is 21.6 Å². The van der Waals surface area contributed by atoms with Crippen LogP contribution >= 0.6 is 11.6 Å². The minimum atomic E-state index is -4.28. The molecule has 0 bridgehead atoms. The van der Waals surface area contributed by atoms with Gasteiger partial charge in [-0.3, -0.25) is 4.68 Å². The van der Waals surface area contributed by atoms with E-state index < -0.39 is 33.6 Å². The van der Waals surface area contributed by atoms with Crippen molar-refractivity contribution < 1.29 is 22.0 Å². The van der Waals surface area contributed by atoms with Crippen molar-refractivity contribution in [3.05, 3.63) is 81.0 Å². The maximum absolute atomic E-state index is 15.3. The average Bonchev–Trinajstić information content (AvgIpc) is 3.45. The summed E-state index contributed by atoms with van der Waals surface area (Å²) in [4.78, 5) is 11.5. The highest BCUT2D eigenvalue weighted by Gasteiger charge is 2.34. The molecule has 2 unspecified atom stereocenters. The van der Waals surface area contributed by atoms with Crippen molar-refractivity contribution in [2.45, 2.75) is 30.7 Å². The Balaban J connectivity index is 1.83. The molecule has 0 fully saturated rings. The summed E-state index contributed by atoms with van der Waals surface area (Å²) in [6.07, 6.45) is 1.62. The van der Waals surface area contributed by atoms with E-state index >= 15 is 4.39 Å². The molecule has 0 saturated carbocycles. The van der Waals surface area contributed by atoms with Gasteiger partial charge in [0, 0.05) is 35.8 Å². The first-order valence-corrected chi connectivity index (χ1v) is 12.6. The fraction of sp³-hybridized carbons (Fsp3) is 0.261. The molecule has 13 heteroatoms. The number of hydrogen-bond acceptors (Lipinski definition) is 7. The molecule has 2 N–H and O–H groups in total. The van der Waals surface area contributed by atoms with Crippen LogP contribution in [0.25, 0.3) is 11.3 Å². The lowest BCUT2D eigenvalue weighted by Gasteiger charge is -2.25. The van der Waals surface area contributed by atoms with Gasteiger partial charge in [-0.1, -0.05) is 18.5 Å². The molecule has 2 heterocycles. The molecule has 4 aromatic rings. The van der Waals surface area contributed by atoms with Gasteiger partial charge in [-0.25, -0.2) is 22.7 Å². The van der Waals surface area contributed by atoms with E-state index in [-0.39, 0.29) is 27.1 Å². The smallest absolute Gasteiger partial charge is 0.434 e. The van der Waals surface area contributed by atoms with Crippen LogP contribution in [-0.2, 0) is 17.1 Å². The molecular weight excluding hydrogens is 513 g/mol. The van der Waals surface area contributed by atoms with E-state index in [9.17, 15) is 13.2 Å². The third kappa shape index (κ3) is 4.79. The molecule has 0 amide bonds. The molecule has 4 rings (SSSR count). The number of hydrogen-bond donors (Lipinski definition) is 2. The number of H-pyrrole nitrogens is 1. The van der Waals surface area contributed by atoms with E-state index in [1.165, 1.54) is 31.4 Å². The second-order valence-electron chi connectivity index (χ2n) is 8.11. The lowest BCUT2D eigenvalue weighted by atomic mass is 9.87. The van der Waals surface area contributed by atoms with Crippen molar-refractivity contribution in [1.82, 2.24) is 24.7 Å². The van der Waals surface area contributed by atoms with Gasteiger partial charge in [-0.05, 0) is 48.4 Å². The summed E-state index contributed by atoms with van der Waals surface area (Å²) in [5, 5.41) is 10.4. The zero-order valence-electron chi connectivity index (χ0n) is 19.7. The number of nitrogens with zero attached hydrogens (tertiary/aromatic N) is 3. The topological polar surface area (TPSA) is 132 Å². The van der Waals surface area contributed by atoms with Crippen LogP contribution in [0.3, 0.4) is 0 Å². The number of benzene rings is 2. The van der Waals surface area contributed by atoms with E-state index in [0.717, 1.165) is 5.69 Å². The number of aromatic nitrogens is 4. The van der Waals surface area contributed by atoms with Gasteiger partial charge in [0.25, 0.3) is 0 Å². The van der Waals surface area contributed by atoms with Crippen LogP contribution < -0.4 is 15.2 Å². The van der Waals surface area contributed by atoms with Crippen LogP contribution in [0.5, 0.6) is 5.75 Å². The van der Waals surface area contributed by atoms with Crippen molar-refractivity contribution in [1.29, 1.82) is 0 Å². The van der Waals surface area contributed by atoms with E-state index in [2.05, 4.69) is 20.0 Å². The van der Waals surface area contributed by atoms with Crippen molar-refractivity contribution in [3.8, 4) is 17.0 Å². The zero-order chi connectivity index (χ0) is 26.2. The molecule has 2 atom stereocenters. The SMILES string of the molecule is COc1cc(Cl)ccc1S(=O)(=O)NC(c1n[nH]c(=O)o1)C(C)c1c(F)ccc(-c2ccnn2C)c1C. The predicted molar refractivity (Wildman–Crippen MR) is 130 cm³/mol. The first-order chi connectivity index (χ1) is 17.0. The van der Waals surface area contributed by atoms with E-state index in [1.807, 2.05) is 0 Å². The molecule has 0 aliphatic carbocycles. The maximum atomic E-state index is 15.3. The highest BCUT2D eigenvalue weighted by molar-refractivity contribution is 7.89. The quantitative estimate of drug-likeness (QED) is 0.351. The Labute approximate surface area is 211 Å². The van der Waals surface area contributed by atoms with Gasteiger partial charge in [0.1, 0.15) is 22.5 Å². The normalized spacial score (nSPS) is 13.5. The van der Waals surface area contributed by atoms with Gasteiger partial charge in [-0.2, -0.15) is 9.82 Å². The standard InChI is InChI=1S/C23H23ClFN5O5S/c1-12-15(17-9-10-26-30(17)3)6-7-16(25)20(12)13(2)21(22-27-28-23(31)35-22)29-36(32,33)19-8-5-14(24)11-18(19)34-4/h5-11,13,21,29H,1-4H3,(H,28,31). The molecule has 190 valence electrons. The molecule has 0 aliphatic rings. The van der Waals surface area contributed by atoms with Gasteiger partial charge >= 0.3 is 5.76 Å². The fourth-order valence-electron chi connectivity index (χ4n) is 4.17. The molecule has 2 aromatic carbocycles. The molecule has 0 radical (unpaired) electrons. The summed E-state index contributed by atoms with van der Waals surface area (Å²) >= 11 is 5.98. The maximum Gasteiger partial charge on any atom is 0.434 e. The van der Waals surface area contributed by atoms with Gasteiger partial charge in [0.05, 0.1) is 12.8 Å². The number of ether oxygens (including phenoxy) is 1. The third-order valence-corrected chi connectivity index (χ3v) is 7.65. The highest BCUT2D eigenvalue weighted by atomic mass is 35.5. The minimum Gasteiger partial charge on any atom is -0.495 e. The number of aromatic amines is 1. The Kier molecular flexibility index (Phi) is 7.03. The third-order valence-electron chi connectivity index (χ3n) is 5.93. The number of halogens is 2. The monoisotopic (exact) mass is 535 g/mol. The fourth-order valence-corrected chi connectivity index (χ4v) is 5.75. The first kappa shape index (κ1) is 25.6. The van der Waals surface area contributed by atoms with Crippen molar-refractivity contribution in [2.75, 3.05) is 7.11 Å². The highest BCUT2D eigenvalue weighted by Crippen LogP contribution is 2.38. The second-order valence-corrected chi connectivity index (χ2v) is 10.2. The Bertz CT molecular complexity index is 1580. The number of sulfonamides is 1. The van der Waals surface area contributed by atoms with Crippen LogP contribution in [0.4, 0.5) is 4.39 Å². The van der Waals surface area contributed by atoms with Gasteiger partial charge < -0.3 is 9.15 Å². The van der Waals surface area contributed by atoms with Crippen molar-refractivity contribution in [2.24, 2.45) is 7.05 Å². The summed E-state index contributed by atoms with van der Waals surface area (Å²) in [7, 11) is -1.22. The van der Waals surface area contributed by atoms with E-state index in [1.54, 1.807) is 43.9 Å². The van der Waals surface area contributed by atoms with E-state index in [0.29, 0.717) is 11.1 Å². The Morgan fingerprint density at radius 1 is 1.25 bits per heavy atom. The van der Waals surface area contributed by atoms with Crippen LogP contribution in [0.15, 0.2) is 56.7 Å². The van der Waals surface area contributed by atoms with Gasteiger partial charge in [-0.15, -0.1) is 5.10 Å². The van der Waals surface area contributed by atoms with Crippen LogP contribution in [-0.4, -0.2) is 35.5 Å².